The van der Waals surface area contributed by atoms with Gasteiger partial charge in [0.2, 0.25) is 0 Å². The number of benzene rings is 2. The number of rotatable bonds is 9. The number of likely N-dealkylation sites (tertiary alicyclic amines) is 1. The molecule has 0 radical (unpaired) electrons. The number of hydrogen-bond donors (Lipinski definition) is 1. The van der Waals surface area contributed by atoms with Crippen LogP contribution >= 0.6 is 0 Å². The molecule has 2 aromatic carbocycles. The summed E-state index contributed by atoms with van der Waals surface area (Å²) in [6.45, 7) is 6.11. The first kappa shape index (κ1) is 24.9. The molecule has 1 amide bonds. The van der Waals surface area contributed by atoms with Gasteiger partial charge >= 0.3 is 6.18 Å². The van der Waals surface area contributed by atoms with Gasteiger partial charge in [-0.25, -0.2) is 0 Å². The molecule has 0 saturated carbocycles. The molecule has 0 spiro atoms. The van der Waals surface area contributed by atoms with E-state index in [9.17, 15) is 18.0 Å². The van der Waals surface area contributed by atoms with Crippen molar-refractivity contribution in [1.29, 1.82) is 0 Å². The summed E-state index contributed by atoms with van der Waals surface area (Å²) < 4.78 is 49.2. The zero-order valence-corrected chi connectivity index (χ0v) is 19.1. The number of nitrogens with zero attached hydrogens (tertiary/aromatic N) is 1. The second kappa shape index (κ2) is 11.4. The van der Waals surface area contributed by atoms with Gasteiger partial charge in [0.15, 0.2) is 11.5 Å². The maximum Gasteiger partial charge on any atom is 0.416 e. The predicted octanol–water partition coefficient (Wildman–Crippen LogP) is 5.14. The lowest BCUT2D eigenvalue weighted by atomic mass is 10.00. The number of carbonyl (C=O) groups excluding carboxylic acids is 1. The first-order chi connectivity index (χ1) is 15.8. The van der Waals surface area contributed by atoms with E-state index in [1.165, 1.54) is 30.5 Å². The van der Waals surface area contributed by atoms with Crippen LogP contribution < -0.4 is 14.8 Å². The smallest absolute Gasteiger partial charge is 0.416 e. The van der Waals surface area contributed by atoms with Crippen molar-refractivity contribution in [3.8, 4) is 11.5 Å². The molecule has 0 bridgehead atoms. The standard InChI is InChI=1S/C25H31F3N2O3/c1-18-5-3-13-30(16-18)17-19-6-11-22(23(15-19)32-2)33-14-4-12-29-24(31)20-7-9-21(10-8-20)25(26,27)28/h6-11,15,18H,3-5,12-14,16-17H2,1-2H3,(H,29,31)/t18-/m1/s1. The van der Waals surface area contributed by atoms with E-state index in [4.69, 9.17) is 9.47 Å². The van der Waals surface area contributed by atoms with Crippen molar-refractivity contribution in [3.63, 3.8) is 0 Å². The van der Waals surface area contributed by atoms with Crippen LogP contribution in [0.25, 0.3) is 0 Å². The zero-order valence-electron chi connectivity index (χ0n) is 19.1. The second-order valence-electron chi connectivity index (χ2n) is 8.50. The van der Waals surface area contributed by atoms with Gasteiger partial charge in [0.1, 0.15) is 0 Å². The zero-order chi connectivity index (χ0) is 23.8. The normalized spacial score (nSPS) is 16.9. The first-order valence-corrected chi connectivity index (χ1v) is 11.2. The molecule has 1 aliphatic rings. The number of carbonyl (C=O) groups is 1. The van der Waals surface area contributed by atoms with Crippen LogP contribution in [0.2, 0.25) is 0 Å². The van der Waals surface area contributed by atoms with Gasteiger partial charge in [0.05, 0.1) is 19.3 Å². The summed E-state index contributed by atoms with van der Waals surface area (Å²) in [7, 11) is 1.61. The number of alkyl halides is 3. The van der Waals surface area contributed by atoms with E-state index in [1.54, 1.807) is 7.11 Å². The number of hydrogen-bond acceptors (Lipinski definition) is 4. The minimum Gasteiger partial charge on any atom is -0.493 e. The molecule has 1 aliphatic heterocycles. The van der Waals surface area contributed by atoms with Crippen molar-refractivity contribution >= 4 is 5.91 Å². The average Bonchev–Trinajstić information content (AvgIpc) is 2.79. The van der Waals surface area contributed by atoms with Crippen LogP contribution in [-0.2, 0) is 12.7 Å². The lowest BCUT2D eigenvalue weighted by Gasteiger charge is -2.30. The quantitative estimate of drug-likeness (QED) is 0.522. The summed E-state index contributed by atoms with van der Waals surface area (Å²) in [4.78, 5) is 14.6. The van der Waals surface area contributed by atoms with Crippen LogP contribution in [0.4, 0.5) is 13.2 Å². The Hall–Kier alpha value is -2.74. The van der Waals surface area contributed by atoms with E-state index in [-0.39, 0.29) is 5.56 Å². The third kappa shape index (κ3) is 7.39. The molecule has 1 fully saturated rings. The van der Waals surface area contributed by atoms with Crippen molar-refractivity contribution < 1.29 is 27.4 Å². The van der Waals surface area contributed by atoms with E-state index >= 15 is 0 Å². The fraction of sp³-hybridized carbons (Fsp3) is 0.480. The molecule has 1 heterocycles. The van der Waals surface area contributed by atoms with Gasteiger partial charge in [-0.3, -0.25) is 9.69 Å². The summed E-state index contributed by atoms with van der Waals surface area (Å²) in [5.74, 6) is 1.62. The molecular weight excluding hydrogens is 433 g/mol. The van der Waals surface area contributed by atoms with E-state index in [2.05, 4.69) is 17.1 Å². The maximum absolute atomic E-state index is 12.6. The molecule has 1 atom stereocenters. The molecule has 0 unspecified atom stereocenters. The first-order valence-electron chi connectivity index (χ1n) is 11.2. The molecule has 180 valence electrons. The Kier molecular flexibility index (Phi) is 8.61. The fourth-order valence-corrected chi connectivity index (χ4v) is 3.99. The van der Waals surface area contributed by atoms with Crippen molar-refractivity contribution in [2.45, 2.75) is 38.9 Å². The lowest BCUT2D eigenvalue weighted by molar-refractivity contribution is -0.137. The molecular formula is C25H31F3N2O3. The average molecular weight is 465 g/mol. The summed E-state index contributed by atoms with van der Waals surface area (Å²) >= 11 is 0. The van der Waals surface area contributed by atoms with Crippen molar-refractivity contribution in [3.05, 3.63) is 59.2 Å². The van der Waals surface area contributed by atoms with Gasteiger partial charge < -0.3 is 14.8 Å². The number of piperidine rings is 1. The van der Waals surface area contributed by atoms with Crippen LogP contribution in [0.1, 0.15) is 47.7 Å². The van der Waals surface area contributed by atoms with Gasteiger partial charge in [0, 0.05) is 25.2 Å². The van der Waals surface area contributed by atoms with Gasteiger partial charge in [-0.15, -0.1) is 0 Å². The highest BCUT2D eigenvalue weighted by molar-refractivity contribution is 5.94. The van der Waals surface area contributed by atoms with Crippen LogP contribution in [0.5, 0.6) is 11.5 Å². The lowest BCUT2D eigenvalue weighted by Crippen LogP contribution is -2.33. The summed E-state index contributed by atoms with van der Waals surface area (Å²) in [6.07, 6.45) is -1.35. The molecule has 1 saturated heterocycles. The van der Waals surface area contributed by atoms with Crippen LogP contribution in [0, 0.1) is 5.92 Å². The SMILES string of the molecule is COc1cc(CN2CCC[C@@H](C)C2)ccc1OCCCNC(=O)c1ccc(C(F)(F)F)cc1. The number of ether oxygens (including phenoxy) is 2. The molecule has 33 heavy (non-hydrogen) atoms. The molecule has 2 aromatic rings. The van der Waals surface area contributed by atoms with Crippen molar-refractivity contribution in [1.82, 2.24) is 10.2 Å². The van der Waals surface area contributed by atoms with Gasteiger partial charge in [-0.1, -0.05) is 13.0 Å². The third-order valence-electron chi connectivity index (χ3n) is 5.71. The molecule has 0 aliphatic carbocycles. The summed E-state index contributed by atoms with van der Waals surface area (Å²) in [5.41, 5.74) is 0.583. The topological polar surface area (TPSA) is 50.8 Å². The Morgan fingerprint density at radius 3 is 2.58 bits per heavy atom. The van der Waals surface area contributed by atoms with Crippen molar-refractivity contribution in [2.24, 2.45) is 5.92 Å². The number of halogens is 3. The monoisotopic (exact) mass is 464 g/mol. The summed E-state index contributed by atoms with van der Waals surface area (Å²) in [5, 5.41) is 2.69. The van der Waals surface area contributed by atoms with Crippen LogP contribution in [-0.4, -0.2) is 44.2 Å². The molecule has 3 rings (SSSR count). The van der Waals surface area contributed by atoms with Gasteiger partial charge in [-0.05, 0) is 73.7 Å². The molecule has 5 nitrogen and oxygen atoms in total. The highest BCUT2D eigenvalue weighted by atomic mass is 19.4. The van der Waals surface area contributed by atoms with Gasteiger partial charge in [-0.2, -0.15) is 13.2 Å². The Bertz CT molecular complexity index is 916. The van der Waals surface area contributed by atoms with Crippen molar-refractivity contribution in [2.75, 3.05) is 33.4 Å². The Labute approximate surface area is 192 Å². The molecule has 8 heteroatoms. The fourth-order valence-electron chi connectivity index (χ4n) is 3.99. The Morgan fingerprint density at radius 1 is 1.15 bits per heavy atom. The van der Waals surface area contributed by atoms with Crippen LogP contribution in [0.3, 0.4) is 0 Å². The number of amides is 1. The molecule has 0 aromatic heterocycles. The highest BCUT2D eigenvalue weighted by Crippen LogP contribution is 2.30. The third-order valence-corrected chi connectivity index (χ3v) is 5.71. The molecule has 1 N–H and O–H groups in total. The Morgan fingerprint density at radius 2 is 1.91 bits per heavy atom. The highest BCUT2D eigenvalue weighted by Gasteiger charge is 2.30. The second-order valence-corrected chi connectivity index (χ2v) is 8.50. The van der Waals surface area contributed by atoms with E-state index in [0.717, 1.165) is 37.7 Å². The summed E-state index contributed by atoms with van der Waals surface area (Å²) in [6, 6.07) is 10.1. The Balaban J connectivity index is 1.43. The van der Waals surface area contributed by atoms with Gasteiger partial charge in [0.25, 0.3) is 5.91 Å². The van der Waals surface area contributed by atoms with E-state index < -0.39 is 17.6 Å². The van der Waals surface area contributed by atoms with Crippen LogP contribution in [0.15, 0.2) is 42.5 Å². The minimum atomic E-state index is -4.42. The maximum atomic E-state index is 12.6. The van der Waals surface area contributed by atoms with E-state index in [1.807, 2.05) is 18.2 Å². The minimum absolute atomic E-state index is 0.185. The number of nitrogens with one attached hydrogen (secondary N) is 1. The largest absolute Gasteiger partial charge is 0.493 e. The van der Waals surface area contributed by atoms with E-state index in [0.29, 0.717) is 31.1 Å². The predicted molar refractivity (Wildman–Crippen MR) is 121 cm³/mol. The number of methoxy groups -OCH3 is 1.